The number of ether oxygens (including phenoxy) is 1. The number of rotatable bonds is 7. The maximum atomic E-state index is 13.8. The molecule has 0 aromatic carbocycles. The number of nitrogens with one attached hydrogen (secondary N) is 2. The summed E-state index contributed by atoms with van der Waals surface area (Å²) in [4.78, 5) is 63.0. The van der Waals surface area contributed by atoms with Crippen molar-refractivity contribution < 1.29 is 23.9 Å². The topological polar surface area (TPSA) is 131 Å². The fraction of sp³-hybridized carbons (Fsp3) is 0.714. The molecule has 210 valence electrons. The van der Waals surface area contributed by atoms with Crippen LogP contribution in [0.2, 0.25) is 0 Å². The molecule has 38 heavy (non-hydrogen) atoms. The van der Waals surface area contributed by atoms with Crippen LogP contribution in [0.25, 0.3) is 0 Å². The van der Waals surface area contributed by atoms with Gasteiger partial charge in [-0.2, -0.15) is 0 Å². The second-order valence-electron chi connectivity index (χ2n) is 12.5. The predicted octanol–water partition coefficient (Wildman–Crippen LogP) is 3.02. The van der Waals surface area contributed by atoms with Crippen molar-refractivity contribution in [1.29, 1.82) is 0 Å². The van der Waals surface area contributed by atoms with Gasteiger partial charge in [0.05, 0.1) is 6.20 Å². The Morgan fingerprint density at radius 3 is 2.21 bits per heavy atom. The molecule has 0 bridgehead atoms. The van der Waals surface area contributed by atoms with Crippen LogP contribution in [0, 0.1) is 11.3 Å². The molecule has 3 atom stereocenters. The van der Waals surface area contributed by atoms with Crippen molar-refractivity contribution in [3.8, 4) is 0 Å². The van der Waals surface area contributed by atoms with Gasteiger partial charge in [-0.3, -0.25) is 19.4 Å². The van der Waals surface area contributed by atoms with Crippen LogP contribution in [0.4, 0.5) is 0 Å². The van der Waals surface area contributed by atoms with E-state index in [1.165, 1.54) is 23.5 Å². The number of carbonyl (C=O) groups is 4. The highest BCUT2D eigenvalue weighted by Gasteiger charge is 2.44. The molecule has 3 amide bonds. The summed E-state index contributed by atoms with van der Waals surface area (Å²) < 4.78 is 5.57. The molecule has 1 saturated carbocycles. The summed E-state index contributed by atoms with van der Waals surface area (Å²) >= 11 is 0. The van der Waals surface area contributed by atoms with Crippen LogP contribution in [-0.2, 0) is 19.1 Å². The molecule has 0 radical (unpaired) electrons. The van der Waals surface area contributed by atoms with Gasteiger partial charge in [0, 0.05) is 18.9 Å². The lowest BCUT2D eigenvalue weighted by Gasteiger charge is -2.37. The fourth-order valence-electron chi connectivity index (χ4n) is 5.19. The Labute approximate surface area is 225 Å². The molecule has 1 saturated heterocycles. The molecule has 2 N–H and O–H groups in total. The number of amides is 3. The summed E-state index contributed by atoms with van der Waals surface area (Å²) in [7, 11) is 0. The van der Waals surface area contributed by atoms with Crippen LogP contribution in [0.15, 0.2) is 18.6 Å². The molecule has 2 heterocycles. The smallest absolute Gasteiger partial charge is 0.329 e. The van der Waals surface area contributed by atoms with Gasteiger partial charge in [-0.15, -0.1) is 0 Å². The van der Waals surface area contributed by atoms with Gasteiger partial charge >= 0.3 is 5.97 Å². The molecule has 1 aromatic rings. The van der Waals surface area contributed by atoms with Gasteiger partial charge in [-0.05, 0) is 57.8 Å². The van der Waals surface area contributed by atoms with E-state index in [9.17, 15) is 19.2 Å². The van der Waals surface area contributed by atoms with Gasteiger partial charge in [-0.25, -0.2) is 9.78 Å². The molecule has 2 unspecified atom stereocenters. The summed E-state index contributed by atoms with van der Waals surface area (Å²) in [5, 5.41) is 5.83. The largest absolute Gasteiger partial charge is 0.458 e. The Hall–Kier alpha value is -3.04. The highest BCUT2D eigenvalue weighted by molar-refractivity contribution is 5.97. The maximum Gasteiger partial charge on any atom is 0.329 e. The first-order chi connectivity index (χ1) is 17.8. The van der Waals surface area contributed by atoms with Crippen molar-refractivity contribution in [3.63, 3.8) is 0 Å². The van der Waals surface area contributed by atoms with Crippen LogP contribution in [0.3, 0.4) is 0 Å². The first-order valence-electron chi connectivity index (χ1n) is 13.7. The number of esters is 1. The highest BCUT2D eigenvalue weighted by Crippen LogP contribution is 2.30. The van der Waals surface area contributed by atoms with E-state index in [-0.39, 0.29) is 17.5 Å². The Morgan fingerprint density at radius 2 is 1.63 bits per heavy atom. The second-order valence-corrected chi connectivity index (χ2v) is 12.5. The van der Waals surface area contributed by atoms with Crippen molar-refractivity contribution >= 4 is 23.7 Å². The highest BCUT2D eigenvalue weighted by atomic mass is 16.6. The Kier molecular flexibility index (Phi) is 9.49. The van der Waals surface area contributed by atoms with Crippen LogP contribution in [-0.4, -0.2) is 68.8 Å². The lowest BCUT2D eigenvalue weighted by molar-refractivity contribution is -0.164. The van der Waals surface area contributed by atoms with E-state index in [0.717, 1.165) is 32.1 Å². The van der Waals surface area contributed by atoms with Gasteiger partial charge in [0.2, 0.25) is 11.8 Å². The molecule has 10 heteroatoms. The van der Waals surface area contributed by atoms with Crippen molar-refractivity contribution in [2.24, 2.45) is 11.3 Å². The minimum Gasteiger partial charge on any atom is -0.458 e. The summed E-state index contributed by atoms with van der Waals surface area (Å²) in [6, 6.07) is -2.39. The Morgan fingerprint density at radius 1 is 0.947 bits per heavy atom. The zero-order chi connectivity index (χ0) is 28.1. The van der Waals surface area contributed by atoms with Crippen molar-refractivity contribution in [2.45, 2.75) is 110 Å². The van der Waals surface area contributed by atoms with Gasteiger partial charge in [-0.1, -0.05) is 40.0 Å². The van der Waals surface area contributed by atoms with E-state index in [1.807, 2.05) is 20.8 Å². The van der Waals surface area contributed by atoms with Crippen LogP contribution in [0.5, 0.6) is 0 Å². The van der Waals surface area contributed by atoms with Crippen LogP contribution in [0.1, 0.15) is 97.0 Å². The SMILES string of the molecule is CC(C)(C)OC(=O)C1CCCN1C(=O)[C@@H](NC(=O)C(NC(=O)c1cnccn1)C1CCCCC1)C(C)(C)C. The third-order valence-corrected chi connectivity index (χ3v) is 7.10. The monoisotopic (exact) mass is 529 g/mol. The van der Waals surface area contributed by atoms with E-state index < -0.39 is 46.9 Å². The number of hydrogen-bond donors (Lipinski definition) is 2. The number of nitrogens with zero attached hydrogens (tertiary/aromatic N) is 3. The van der Waals surface area contributed by atoms with Crippen LogP contribution >= 0.6 is 0 Å². The zero-order valence-corrected chi connectivity index (χ0v) is 23.6. The summed E-state index contributed by atoms with van der Waals surface area (Å²) in [5.41, 5.74) is -1.18. The van der Waals surface area contributed by atoms with Gasteiger partial charge in [0.25, 0.3) is 5.91 Å². The van der Waals surface area contributed by atoms with Crippen molar-refractivity contribution in [3.05, 3.63) is 24.3 Å². The Bertz CT molecular complexity index is 995. The predicted molar refractivity (Wildman–Crippen MR) is 142 cm³/mol. The maximum absolute atomic E-state index is 13.8. The quantitative estimate of drug-likeness (QED) is 0.519. The van der Waals surface area contributed by atoms with E-state index in [1.54, 1.807) is 20.8 Å². The van der Waals surface area contributed by atoms with Gasteiger partial charge in [0.1, 0.15) is 29.4 Å². The van der Waals surface area contributed by atoms with Crippen molar-refractivity contribution in [1.82, 2.24) is 25.5 Å². The molecule has 1 aliphatic carbocycles. The van der Waals surface area contributed by atoms with E-state index >= 15 is 0 Å². The first kappa shape index (κ1) is 29.5. The third kappa shape index (κ3) is 7.74. The molecule has 2 fully saturated rings. The molecule has 0 spiro atoms. The lowest BCUT2D eigenvalue weighted by Crippen LogP contribution is -2.61. The van der Waals surface area contributed by atoms with Crippen molar-refractivity contribution in [2.75, 3.05) is 6.54 Å². The van der Waals surface area contributed by atoms with E-state index in [0.29, 0.717) is 19.4 Å². The summed E-state index contributed by atoms with van der Waals surface area (Å²) in [6.07, 6.45) is 10.1. The van der Waals surface area contributed by atoms with E-state index in [2.05, 4.69) is 20.6 Å². The molecule has 1 aliphatic heterocycles. The fourth-order valence-corrected chi connectivity index (χ4v) is 5.19. The first-order valence-corrected chi connectivity index (χ1v) is 13.7. The molecular weight excluding hydrogens is 486 g/mol. The number of aromatic nitrogens is 2. The van der Waals surface area contributed by atoms with E-state index in [4.69, 9.17) is 4.74 Å². The van der Waals surface area contributed by atoms with Gasteiger partial charge in [0.15, 0.2) is 0 Å². The Balaban J connectivity index is 1.81. The van der Waals surface area contributed by atoms with Gasteiger partial charge < -0.3 is 20.3 Å². The van der Waals surface area contributed by atoms with Crippen LogP contribution < -0.4 is 10.6 Å². The minimum absolute atomic E-state index is 0.0543. The normalized spacial score (nSPS) is 20.4. The molecular formula is C28H43N5O5. The lowest BCUT2D eigenvalue weighted by atomic mass is 9.82. The molecule has 10 nitrogen and oxygen atoms in total. The average molecular weight is 530 g/mol. The number of carbonyl (C=O) groups excluding carboxylic acids is 4. The standard InChI is InChI=1S/C28H43N5O5/c1-27(2,3)22(25(36)33-16-10-13-20(33)26(37)38-28(4,5)6)32-24(35)21(18-11-8-7-9-12-18)31-23(34)19-17-29-14-15-30-19/h14-15,17-18,20-22H,7-13,16H2,1-6H3,(H,31,34)(H,32,35)/t20?,21?,22-/m1/s1. The molecule has 3 rings (SSSR count). The molecule has 2 aliphatic rings. The second kappa shape index (κ2) is 12.2. The summed E-state index contributed by atoms with van der Waals surface area (Å²) in [6.45, 7) is 11.4. The summed E-state index contributed by atoms with van der Waals surface area (Å²) in [5.74, 6) is -1.69. The number of hydrogen-bond acceptors (Lipinski definition) is 7. The zero-order valence-electron chi connectivity index (χ0n) is 23.6. The number of likely N-dealkylation sites (tertiary alicyclic amines) is 1. The average Bonchev–Trinajstić information content (AvgIpc) is 3.35. The molecule has 1 aromatic heterocycles. The minimum atomic E-state index is -0.891. The third-order valence-electron chi connectivity index (χ3n) is 7.10.